The van der Waals surface area contributed by atoms with Crippen LogP contribution in [-0.4, -0.2) is 28.8 Å². The molecule has 0 amide bonds. The second-order valence-corrected chi connectivity index (χ2v) is 4.07. The number of amidine groups is 1. The number of hydrogen-bond acceptors (Lipinski definition) is 3. The Kier molecular flexibility index (Phi) is 2.68. The highest BCUT2D eigenvalue weighted by Crippen LogP contribution is 2.26. The van der Waals surface area contributed by atoms with Crippen molar-refractivity contribution in [3.63, 3.8) is 0 Å². The molecule has 80 valence electrons. The van der Waals surface area contributed by atoms with Gasteiger partial charge in [0.2, 0.25) is 0 Å². The Hall–Kier alpha value is -1.42. The van der Waals surface area contributed by atoms with E-state index in [2.05, 4.69) is 16.9 Å². The lowest BCUT2D eigenvalue weighted by atomic mass is 10.1. The minimum Gasteiger partial charge on any atom is -0.382 e. The number of aromatic nitrogens is 1. The Morgan fingerprint density at radius 1 is 1.67 bits per heavy atom. The molecule has 0 radical (unpaired) electrons. The molecule has 1 aromatic rings. The Bertz CT molecular complexity index is 371. The molecule has 4 heteroatoms. The van der Waals surface area contributed by atoms with Crippen LogP contribution < -0.4 is 5.73 Å². The standard InChI is InChI=1S/C11H16N4/c1-15(9-4-5-9)7-8-3-2-6-14-10(8)11(12)13/h2-3,6,9H,4-5,7H2,1H3,(H3,12,13). The quantitative estimate of drug-likeness (QED) is 0.567. The first-order valence-corrected chi connectivity index (χ1v) is 5.17. The molecule has 1 aliphatic carbocycles. The third kappa shape index (κ3) is 2.33. The lowest BCUT2D eigenvalue weighted by Gasteiger charge is -2.17. The maximum atomic E-state index is 7.44. The zero-order chi connectivity index (χ0) is 10.8. The molecule has 1 heterocycles. The second-order valence-electron chi connectivity index (χ2n) is 4.07. The van der Waals surface area contributed by atoms with Gasteiger partial charge in [0.15, 0.2) is 0 Å². The number of nitrogen functional groups attached to an aromatic ring is 1. The number of nitrogens with one attached hydrogen (secondary N) is 1. The van der Waals surface area contributed by atoms with Crippen LogP contribution in [0.1, 0.15) is 24.1 Å². The van der Waals surface area contributed by atoms with E-state index in [1.807, 2.05) is 12.1 Å². The van der Waals surface area contributed by atoms with E-state index in [0.717, 1.165) is 12.1 Å². The topological polar surface area (TPSA) is 66.0 Å². The molecule has 0 saturated heterocycles. The normalized spacial score (nSPS) is 15.6. The Morgan fingerprint density at radius 3 is 3.00 bits per heavy atom. The molecule has 0 spiro atoms. The molecule has 2 rings (SSSR count). The monoisotopic (exact) mass is 204 g/mol. The van der Waals surface area contributed by atoms with Crippen LogP contribution >= 0.6 is 0 Å². The smallest absolute Gasteiger partial charge is 0.142 e. The highest BCUT2D eigenvalue weighted by molar-refractivity contribution is 5.94. The molecule has 0 aliphatic heterocycles. The summed E-state index contributed by atoms with van der Waals surface area (Å²) in [7, 11) is 2.11. The molecule has 1 aliphatic rings. The van der Waals surface area contributed by atoms with Gasteiger partial charge in [0.05, 0.1) is 0 Å². The summed E-state index contributed by atoms with van der Waals surface area (Å²) in [6, 6.07) is 4.59. The molecule has 1 saturated carbocycles. The van der Waals surface area contributed by atoms with Gasteiger partial charge in [-0.15, -0.1) is 0 Å². The fourth-order valence-electron chi connectivity index (χ4n) is 1.72. The molecule has 0 aromatic carbocycles. The van der Waals surface area contributed by atoms with Crippen LogP contribution in [0, 0.1) is 5.41 Å². The first-order valence-electron chi connectivity index (χ1n) is 5.17. The van der Waals surface area contributed by atoms with Crippen molar-refractivity contribution in [2.75, 3.05) is 7.05 Å². The molecule has 0 bridgehead atoms. The Labute approximate surface area is 89.6 Å². The predicted molar refractivity (Wildman–Crippen MR) is 59.7 cm³/mol. The minimum atomic E-state index is 0.0507. The van der Waals surface area contributed by atoms with Gasteiger partial charge in [0, 0.05) is 18.8 Å². The first-order chi connectivity index (χ1) is 7.18. The Morgan fingerprint density at radius 2 is 2.40 bits per heavy atom. The highest BCUT2D eigenvalue weighted by Gasteiger charge is 2.26. The maximum Gasteiger partial charge on any atom is 0.142 e. The van der Waals surface area contributed by atoms with Crippen LogP contribution in [0.2, 0.25) is 0 Å². The lowest BCUT2D eigenvalue weighted by molar-refractivity contribution is 0.316. The van der Waals surface area contributed by atoms with Crippen LogP contribution in [0.5, 0.6) is 0 Å². The highest BCUT2D eigenvalue weighted by atomic mass is 15.1. The predicted octanol–water partition coefficient (Wildman–Crippen LogP) is 0.960. The third-order valence-electron chi connectivity index (χ3n) is 2.74. The fraction of sp³-hybridized carbons (Fsp3) is 0.455. The molecule has 1 fully saturated rings. The van der Waals surface area contributed by atoms with Gasteiger partial charge in [-0.1, -0.05) is 6.07 Å². The average molecular weight is 204 g/mol. The first kappa shape index (κ1) is 10.1. The van der Waals surface area contributed by atoms with E-state index in [-0.39, 0.29) is 5.84 Å². The van der Waals surface area contributed by atoms with Gasteiger partial charge >= 0.3 is 0 Å². The summed E-state index contributed by atoms with van der Waals surface area (Å²) in [5, 5.41) is 7.44. The summed E-state index contributed by atoms with van der Waals surface area (Å²) in [5.74, 6) is 0.0507. The summed E-state index contributed by atoms with van der Waals surface area (Å²) in [6.45, 7) is 0.827. The van der Waals surface area contributed by atoms with E-state index in [4.69, 9.17) is 11.1 Å². The van der Waals surface area contributed by atoms with Crippen LogP contribution in [0.3, 0.4) is 0 Å². The number of pyridine rings is 1. The number of nitrogens with zero attached hydrogens (tertiary/aromatic N) is 2. The molecule has 15 heavy (non-hydrogen) atoms. The molecule has 0 atom stereocenters. The molecule has 0 unspecified atom stereocenters. The van der Waals surface area contributed by atoms with Crippen molar-refractivity contribution in [2.24, 2.45) is 5.73 Å². The van der Waals surface area contributed by atoms with E-state index in [1.165, 1.54) is 12.8 Å². The summed E-state index contributed by atoms with van der Waals surface area (Å²) < 4.78 is 0. The van der Waals surface area contributed by atoms with Gasteiger partial charge < -0.3 is 5.73 Å². The van der Waals surface area contributed by atoms with Gasteiger partial charge in [0.25, 0.3) is 0 Å². The summed E-state index contributed by atoms with van der Waals surface area (Å²) >= 11 is 0. The molecular formula is C11H16N4. The van der Waals surface area contributed by atoms with Crippen LogP contribution in [0.4, 0.5) is 0 Å². The number of nitrogens with two attached hydrogens (primary N) is 1. The van der Waals surface area contributed by atoms with E-state index < -0.39 is 0 Å². The zero-order valence-corrected chi connectivity index (χ0v) is 8.90. The summed E-state index contributed by atoms with van der Waals surface area (Å²) in [5.41, 5.74) is 7.14. The van der Waals surface area contributed by atoms with E-state index in [0.29, 0.717) is 11.7 Å². The Balaban J connectivity index is 2.15. The van der Waals surface area contributed by atoms with E-state index >= 15 is 0 Å². The van der Waals surface area contributed by atoms with Gasteiger partial charge in [-0.05, 0) is 31.5 Å². The maximum absolute atomic E-state index is 7.44. The molecule has 1 aromatic heterocycles. The average Bonchev–Trinajstić information content (AvgIpc) is 3.01. The van der Waals surface area contributed by atoms with Gasteiger partial charge in [-0.25, -0.2) is 0 Å². The number of hydrogen-bond donors (Lipinski definition) is 2. The van der Waals surface area contributed by atoms with Crippen molar-refractivity contribution in [2.45, 2.75) is 25.4 Å². The van der Waals surface area contributed by atoms with Gasteiger partial charge in [-0.3, -0.25) is 15.3 Å². The van der Waals surface area contributed by atoms with Crippen LogP contribution in [0.25, 0.3) is 0 Å². The van der Waals surface area contributed by atoms with Crippen molar-refractivity contribution in [3.8, 4) is 0 Å². The molecular weight excluding hydrogens is 188 g/mol. The van der Waals surface area contributed by atoms with Crippen molar-refractivity contribution in [3.05, 3.63) is 29.6 Å². The van der Waals surface area contributed by atoms with Gasteiger partial charge in [-0.2, -0.15) is 0 Å². The fourth-order valence-corrected chi connectivity index (χ4v) is 1.72. The molecule has 4 nitrogen and oxygen atoms in total. The lowest BCUT2D eigenvalue weighted by Crippen LogP contribution is -2.23. The summed E-state index contributed by atoms with van der Waals surface area (Å²) in [6.07, 6.45) is 4.25. The number of rotatable bonds is 4. The zero-order valence-electron chi connectivity index (χ0n) is 8.90. The SMILES string of the molecule is CN(Cc1cccnc1C(=N)N)C1CC1. The van der Waals surface area contributed by atoms with Crippen molar-refractivity contribution in [1.82, 2.24) is 9.88 Å². The minimum absolute atomic E-state index is 0.0507. The van der Waals surface area contributed by atoms with Crippen molar-refractivity contribution in [1.29, 1.82) is 5.41 Å². The second kappa shape index (κ2) is 3.98. The van der Waals surface area contributed by atoms with E-state index in [1.54, 1.807) is 6.20 Å². The van der Waals surface area contributed by atoms with Crippen LogP contribution in [0.15, 0.2) is 18.3 Å². The largest absolute Gasteiger partial charge is 0.382 e. The molecule has 3 N–H and O–H groups in total. The van der Waals surface area contributed by atoms with Crippen molar-refractivity contribution >= 4 is 5.84 Å². The van der Waals surface area contributed by atoms with Gasteiger partial charge in [0.1, 0.15) is 11.5 Å². The van der Waals surface area contributed by atoms with Crippen molar-refractivity contribution < 1.29 is 0 Å². The van der Waals surface area contributed by atoms with Crippen LogP contribution in [-0.2, 0) is 6.54 Å². The third-order valence-corrected chi connectivity index (χ3v) is 2.74. The summed E-state index contributed by atoms with van der Waals surface area (Å²) in [4.78, 5) is 6.43. The van der Waals surface area contributed by atoms with E-state index in [9.17, 15) is 0 Å².